The fraction of sp³-hybridized carbons (Fsp3) is 0.200. The molecule has 0 aliphatic carbocycles. The van der Waals surface area contributed by atoms with E-state index in [1.54, 1.807) is 24.5 Å². The molecule has 0 saturated heterocycles. The summed E-state index contributed by atoms with van der Waals surface area (Å²) in [7, 11) is 1.51. The maximum atomic E-state index is 12.9. The van der Waals surface area contributed by atoms with Crippen LogP contribution in [0.15, 0.2) is 35.7 Å². The van der Waals surface area contributed by atoms with Gasteiger partial charge in [0.05, 0.1) is 25.2 Å². The number of pyridine rings is 1. The fourth-order valence-electron chi connectivity index (χ4n) is 2.25. The highest BCUT2D eigenvalue weighted by Gasteiger charge is 2.36. The molecule has 0 saturated carbocycles. The first-order valence-corrected chi connectivity index (χ1v) is 7.06. The first-order valence-electron chi connectivity index (χ1n) is 7.06. The molecular formula is C15H13F3N6O. The molecule has 0 amide bonds. The van der Waals surface area contributed by atoms with Gasteiger partial charge in [-0.05, 0) is 12.8 Å². The number of aromatic amines is 1. The van der Waals surface area contributed by atoms with Crippen molar-refractivity contribution in [3.63, 3.8) is 0 Å². The third kappa shape index (κ3) is 3.37. The van der Waals surface area contributed by atoms with E-state index in [9.17, 15) is 13.2 Å². The Bertz CT molecular complexity index is 882. The first kappa shape index (κ1) is 16.7. The number of imidazole rings is 1. The number of hydrogen-bond donors (Lipinski definition) is 1. The summed E-state index contributed by atoms with van der Waals surface area (Å²) >= 11 is 0. The van der Waals surface area contributed by atoms with Crippen molar-refractivity contribution in [2.75, 3.05) is 7.11 Å². The topological polar surface area (TPSA) is 81.0 Å². The Balaban J connectivity index is 1.84. The van der Waals surface area contributed by atoms with Crippen LogP contribution in [0, 0.1) is 0 Å². The summed E-state index contributed by atoms with van der Waals surface area (Å²) in [5, 5.41) is 3.73. The quantitative estimate of drug-likeness (QED) is 0.717. The van der Waals surface area contributed by atoms with Gasteiger partial charge in [-0.1, -0.05) is 0 Å². The number of ether oxygens (including phenoxy) is 1. The molecule has 3 rings (SSSR count). The molecule has 0 aromatic carbocycles. The van der Waals surface area contributed by atoms with Crippen LogP contribution in [0.1, 0.15) is 11.4 Å². The number of methoxy groups -OCH3 is 1. The van der Waals surface area contributed by atoms with E-state index in [2.05, 4.69) is 31.8 Å². The number of nitrogens with one attached hydrogen (secondary N) is 1. The third-order valence-corrected chi connectivity index (χ3v) is 3.45. The summed E-state index contributed by atoms with van der Waals surface area (Å²) in [6.45, 7) is 3.18. The Morgan fingerprint density at radius 3 is 2.64 bits per heavy atom. The minimum atomic E-state index is -4.54. The number of hydrogen-bond acceptors (Lipinski definition) is 5. The summed E-state index contributed by atoms with van der Waals surface area (Å²) in [4.78, 5) is 14.7. The Morgan fingerprint density at radius 1 is 1.24 bits per heavy atom. The Labute approximate surface area is 140 Å². The molecule has 7 nitrogen and oxygen atoms in total. The van der Waals surface area contributed by atoms with E-state index in [0.29, 0.717) is 17.4 Å². The summed E-state index contributed by atoms with van der Waals surface area (Å²) in [5.74, 6) is 0.547. The highest BCUT2D eigenvalue weighted by atomic mass is 19.4. The molecule has 0 fully saturated rings. The van der Waals surface area contributed by atoms with Crippen molar-refractivity contribution < 1.29 is 17.9 Å². The van der Waals surface area contributed by atoms with Crippen molar-refractivity contribution >= 4 is 12.5 Å². The van der Waals surface area contributed by atoms with Crippen molar-refractivity contribution in [3.05, 3.63) is 42.1 Å². The highest BCUT2D eigenvalue weighted by Crippen LogP contribution is 2.36. The third-order valence-electron chi connectivity index (χ3n) is 3.45. The van der Waals surface area contributed by atoms with Crippen molar-refractivity contribution in [2.45, 2.75) is 12.7 Å². The zero-order valence-electron chi connectivity index (χ0n) is 13.1. The van der Waals surface area contributed by atoms with Gasteiger partial charge in [0.15, 0.2) is 5.82 Å². The molecule has 1 N–H and O–H groups in total. The predicted octanol–water partition coefficient (Wildman–Crippen LogP) is 3.08. The summed E-state index contributed by atoms with van der Waals surface area (Å²) < 4.78 is 44.8. The van der Waals surface area contributed by atoms with Gasteiger partial charge in [0.2, 0.25) is 5.88 Å². The van der Waals surface area contributed by atoms with Crippen molar-refractivity contribution in [1.82, 2.24) is 24.7 Å². The van der Waals surface area contributed by atoms with Gasteiger partial charge in [0, 0.05) is 17.8 Å². The van der Waals surface area contributed by atoms with Crippen LogP contribution >= 0.6 is 0 Å². The van der Waals surface area contributed by atoms with Crippen LogP contribution in [-0.4, -0.2) is 38.6 Å². The molecule has 0 aliphatic rings. The van der Waals surface area contributed by atoms with E-state index in [1.165, 1.54) is 7.11 Å². The molecule has 3 aromatic heterocycles. The SMILES string of the molecule is C=Nc1c(C(F)(F)F)cnn1Cc1ncc(-c2ccc(OC)nc2)[nH]1. The molecule has 25 heavy (non-hydrogen) atoms. The van der Waals surface area contributed by atoms with Gasteiger partial charge < -0.3 is 9.72 Å². The first-order chi connectivity index (χ1) is 11.9. The average Bonchev–Trinajstić information content (AvgIpc) is 3.21. The molecular weight excluding hydrogens is 337 g/mol. The molecule has 130 valence electrons. The number of aliphatic imine (C=N–C) groups is 1. The number of rotatable bonds is 5. The number of H-pyrrole nitrogens is 1. The monoisotopic (exact) mass is 350 g/mol. The van der Waals surface area contributed by atoms with Gasteiger partial charge in [0.1, 0.15) is 17.9 Å². The van der Waals surface area contributed by atoms with Gasteiger partial charge in [-0.2, -0.15) is 18.3 Å². The Kier molecular flexibility index (Phi) is 4.26. The molecule has 0 atom stereocenters. The second-order valence-corrected chi connectivity index (χ2v) is 5.03. The number of nitrogens with zero attached hydrogens (tertiary/aromatic N) is 5. The molecule has 0 radical (unpaired) electrons. The van der Waals surface area contributed by atoms with Crippen molar-refractivity contribution in [1.29, 1.82) is 0 Å². The van der Waals surface area contributed by atoms with Crippen LogP contribution in [0.3, 0.4) is 0 Å². The summed E-state index contributed by atoms with van der Waals surface area (Å²) in [6, 6.07) is 3.48. The summed E-state index contributed by atoms with van der Waals surface area (Å²) in [5.41, 5.74) is 0.494. The van der Waals surface area contributed by atoms with Crippen LogP contribution < -0.4 is 4.74 Å². The van der Waals surface area contributed by atoms with Crippen molar-refractivity contribution in [2.24, 2.45) is 4.99 Å². The van der Waals surface area contributed by atoms with E-state index in [4.69, 9.17) is 4.74 Å². The van der Waals surface area contributed by atoms with Gasteiger partial charge in [-0.15, -0.1) is 0 Å². The van der Waals surface area contributed by atoms with Gasteiger partial charge in [0.25, 0.3) is 0 Å². The highest BCUT2D eigenvalue weighted by molar-refractivity contribution is 5.57. The molecule has 0 aliphatic heterocycles. The van der Waals surface area contributed by atoms with Gasteiger partial charge in [-0.3, -0.25) is 0 Å². The lowest BCUT2D eigenvalue weighted by Gasteiger charge is -2.06. The van der Waals surface area contributed by atoms with E-state index >= 15 is 0 Å². The predicted molar refractivity (Wildman–Crippen MR) is 83.9 cm³/mol. The van der Waals surface area contributed by atoms with Crippen molar-refractivity contribution in [3.8, 4) is 17.1 Å². The Morgan fingerprint density at radius 2 is 2.04 bits per heavy atom. The fourth-order valence-corrected chi connectivity index (χ4v) is 2.25. The lowest BCUT2D eigenvalue weighted by Crippen LogP contribution is -2.06. The normalized spacial score (nSPS) is 11.5. The molecule has 0 bridgehead atoms. The maximum Gasteiger partial charge on any atom is 0.421 e. The van der Waals surface area contributed by atoms with E-state index in [0.717, 1.165) is 16.4 Å². The van der Waals surface area contributed by atoms with Crippen LogP contribution in [0.25, 0.3) is 11.3 Å². The molecule has 0 spiro atoms. The van der Waals surface area contributed by atoms with Crippen LogP contribution in [0.2, 0.25) is 0 Å². The zero-order valence-corrected chi connectivity index (χ0v) is 13.1. The second kappa shape index (κ2) is 6.38. The zero-order chi connectivity index (χ0) is 18.0. The van der Waals surface area contributed by atoms with Gasteiger partial charge >= 0.3 is 6.18 Å². The lowest BCUT2D eigenvalue weighted by molar-refractivity contribution is -0.137. The molecule has 3 aromatic rings. The molecule has 3 heterocycles. The average molecular weight is 350 g/mol. The van der Waals surface area contributed by atoms with Crippen LogP contribution in [0.4, 0.5) is 19.0 Å². The Hall–Kier alpha value is -3.17. The van der Waals surface area contributed by atoms with E-state index in [1.807, 2.05) is 0 Å². The summed E-state index contributed by atoms with van der Waals surface area (Å²) in [6.07, 6.45) is -0.657. The van der Waals surface area contributed by atoms with Gasteiger partial charge in [-0.25, -0.2) is 19.6 Å². The largest absolute Gasteiger partial charge is 0.481 e. The smallest absolute Gasteiger partial charge is 0.421 e. The minimum Gasteiger partial charge on any atom is -0.481 e. The van der Waals surface area contributed by atoms with E-state index < -0.39 is 11.7 Å². The lowest BCUT2D eigenvalue weighted by atomic mass is 10.2. The van der Waals surface area contributed by atoms with Crippen LogP contribution in [0.5, 0.6) is 5.88 Å². The van der Waals surface area contributed by atoms with E-state index in [-0.39, 0.29) is 12.4 Å². The molecule has 10 heteroatoms. The second-order valence-electron chi connectivity index (χ2n) is 5.03. The number of aromatic nitrogens is 5. The minimum absolute atomic E-state index is 0.00594. The van der Waals surface area contributed by atoms with Crippen LogP contribution in [-0.2, 0) is 12.7 Å². The number of halogens is 3. The number of alkyl halides is 3. The maximum absolute atomic E-state index is 12.9. The standard InChI is InChI=1S/C15H13F3N6O/c1-19-14-10(15(16,17)18)6-22-24(14)8-12-20-7-11(23-12)9-3-4-13(25-2)21-5-9/h3-7H,1,8H2,2H3,(H,20,23). The molecule has 0 unspecified atom stereocenters.